The molecule has 2 fully saturated rings. The van der Waals surface area contributed by atoms with Crippen LogP contribution in [0.15, 0.2) is 18.2 Å². The van der Waals surface area contributed by atoms with Gasteiger partial charge in [-0.05, 0) is 64.8 Å². The smallest absolute Gasteiger partial charge is 0.255 e. The second kappa shape index (κ2) is 7.38. The highest BCUT2D eigenvalue weighted by atomic mass is 16.2. The SMILES string of the molecule is CC1CN(c2ccc3c(c2)CN([C@H]2CCC(=O)NC2=O)C3=O)CC(C)N1C(C)(C)C. The topological polar surface area (TPSA) is 73.0 Å². The lowest BCUT2D eigenvalue weighted by Crippen LogP contribution is -2.62. The third kappa shape index (κ3) is 3.60. The molecule has 0 bridgehead atoms. The maximum atomic E-state index is 12.9. The van der Waals surface area contributed by atoms with Crippen molar-refractivity contribution >= 4 is 23.4 Å². The quantitative estimate of drug-likeness (QED) is 0.754. The second-order valence-corrected chi connectivity index (χ2v) is 9.92. The summed E-state index contributed by atoms with van der Waals surface area (Å²) in [5.74, 6) is -0.751. The van der Waals surface area contributed by atoms with E-state index in [1.807, 2.05) is 12.1 Å². The van der Waals surface area contributed by atoms with E-state index in [4.69, 9.17) is 0 Å². The van der Waals surface area contributed by atoms with Crippen LogP contribution in [0.1, 0.15) is 63.4 Å². The Labute approximate surface area is 178 Å². The van der Waals surface area contributed by atoms with Crippen LogP contribution in [0.4, 0.5) is 5.69 Å². The number of rotatable bonds is 2. The van der Waals surface area contributed by atoms with E-state index in [0.717, 1.165) is 24.3 Å². The van der Waals surface area contributed by atoms with Gasteiger partial charge >= 0.3 is 0 Å². The fourth-order valence-electron chi connectivity index (χ4n) is 5.61. The first-order valence-electron chi connectivity index (χ1n) is 10.9. The number of piperazine rings is 1. The van der Waals surface area contributed by atoms with Crippen molar-refractivity contribution in [1.82, 2.24) is 15.1 Å². The average molecular weight is 413 g/mol. The molecule has 1 aromatic rings. The minimum Gasteiger partial charge on any atom is -0.368 e. The molecule has 7 heteroatoms. The van der Waals surface area contributed by atoms with Crippen LogP contribution in [0, 0.1) is 0 Å². The van der Waals surface area contributed by atoms with Crippen molar-refractivity contribution in [3.05, 3.63) is 29.3 Å². The molecule has 0 aromatic heterocycles. The van der Waals surface area contributed by atoms with E-state index in [2.05, 4.69) is 55.8 Å². The third-order valence-electron chi connectivity index (χ3n) is 6.57. The molecule has 1 aromatic carbocycles. The highest BCUT2D eigenvalue weighted by Crippen LogP contribution is 2.33. The highest BCUT2D eigenvalue weighted by molar-refractivity contribution is 6.05. The lowest BCUT2D eigenvalue weighted by atomic mass is 9.96. The van der Waals surface area contributed by atoms with E-state index in [-0.39, 0.29) is 29.7 Å². The Balaban J connectivity index is 1.52. The number of nitrogens with one attached hydrogen (secondary N) is 1. The number of hydrogen-bond acceptors (Lipinski definition) is 5. The summed E-state index contributed by atoms with van der Waals surface area (Å²) in [7, 11) is 0. The lowest BCUT2D eigenvalue weighted by Gasteiger charge is -2.51. The Bertz CT molecular complexity index is 879. The third-order valence-corrected chi connectivity index (χ3v) is 6.57. The molecule has 1 N–H and O–H groups in total. The largest absolute Gasteiger partial charge is 0.368 e. The first kappa shape index (κ1) is 20.8. The maximum Gasteiger partial charge on any atom is 0.255 e. The Morgan fingerprint density at radius 3 is 2.30 bits per heavy atom. The van der Waals surface area contributed by atoms with Crippen LogP contribution >= 0.6 is 0 Å². The van der Waals surface area contributed by atoms with Crippen LogP contribution in [0.25, 0.3) is 0 Å². The van der Waals surface area contributed by atoms with Crippen molar-refractivity contribution in [3.8, 4) is 0 Å². The van der Waals surface area contributed by atoms with E-state index in [1.54, 1.807) is 4.90 Å². The number of amides is 3. The molecule has 0 saturated carbocycles. The van der Waals surface area contributed by atoms with Gasteiger partial charge in [0.05, 0.1) is 0 Å². The summed E-state index contributed by atoms with van der Waals surface area (Å²) in [5.41, 5.74) is 2.87. The van der Waals surface area contributed by atoms with Crippen LogP contribution < -0.4 is 10.2 Å². The monoisotopic (exact) mass is 412 g/mol. The maximum absolute atomic E-state index is 12.9. The average Bonchev–Trinajstić information content (AvgIpc) is 2.96. The van der Waals surface area contributed by atoms with Crippen molar-refractivity contribution < 1.29 is 14.4 Å². The van der Waals surface area contributed by atoms with Crippen LogP contribution in [0.5, 0.6) is 0 Å². The Morgan fingerprint density at radius 2 is 1.70 bits per heavy atom. The second-order valence-electron chi connectivity index (χ2n) is 9.92. The standard InChI is InChI=1S/C23H32N4O3/c1-14-11-25(12-15(2)27(14)23(3,4)5)17-6-7-18-16(10-17)13-26(22(18)30)19-8-9-20(28)24-21(19)29/h6-7,10,14-15,19H,8-9,11-13H2,1-5H3,(H,24,28,29)/t14?,15?,19-/m0/s1. The number of carbonyl (C=O) groups excluding carboxylic acids is 3. The van der Waals surface area contributed by atoms with Crippen LogP contribution in [0.3, 0.4) is 0 Å². The first-order chi connectivity index (χ1) is 14.1. The number of fused-ring (bicyclic) bond motifs is 1. The van der Waals surface area contributed by atoms with E-state index < -0.39 is 6.04 Å². The van der Waals surface area contributed by atoms with Gasteiger partial charge in [0.1, 0.15) is 6.04 Å². The number of anilines is 1. The van der Waals surface area contributed by atoms with Crippen LogP contribution in [0.2, 0.25) is 0 Å². The Kier molecular flexibility index (Phi) is 5.12. The molecule has 162 valence electrons. The number of benzene rings is 1. The van der Waals surface area contributed by atoms with E-state index in [1.165, 1.54) is 0 Å². The minimum absolute atomic E-state index is 0.120. The summed E-state index contributed by atoms with van der Waals surface area (Å²) in [6, 6.07) is 6.29. The molecule has 2 unspecified atom stereocenters. The van der Waals surface area contributed by atoms with E-state index in [0.29, 0.717) is 30.6 Å². The molecule has 0 aliphatic carbocycles. The van der Waals surface area contributed by atoms with Gasteiger partial charge in [-0.1, -0.05) is 0 Å². The molecule has 0 radical (unpaired) electrons. The number of hydrogen-bond donors (Lipinski definition) is 1. The fraction of sp³-hybridized carbons (Fsp3) is 0.609. The molecule has 7 nitrogen and oxygen atoms in total. The van der Waals surface area contributed by atoms with E-state index in [9.17, 15) is 14.4 Å². The predicted octanol–water partition coefficient (Wildman–Crippen LogP) is 2.15. The van der Waals surface area contributed by atoms with Gasteiger partial charge in [-0.25, -0.2) is 0 Å². The molecular formula is C23H32N4O3. The molecule has 2 saturated heterocycles. The number of carbonyl (C=O) groups is 3. The van der Waals surface area contributed by atoms with Gasteiger partial charge in [-0.15, -0.1) is 0 Å². The van der Waals surface area contributed by atoms with Gasteiger partial charge < -0.3 is 9.80 Å². The zero-order valence-electron chi connectivity index (χ0n) is 18.6. The van der Waals surface area contributed by atoms with Crippen LogP contribution in [-0.4, -0.2) is 64.3 Å². The van der Waals surface area contributed by atoms with Gasteiger partial charge in [-0.3, -0.25) is 24.6 Å². The fourth-order valence-corrected chi connectivity index (χ4v) is 5.61. The Hall–Kier alpha value is -2.41. The molecule has 3 aliphatic heterocycles. The molecule has 3 heterocycles. The minimum atomic E-state index is -0.568. The zero-order chi connectivity index (χ0) is 21.8. The Morgan fingerprint density at radius 1 is 1.03 bits per heavy atom. The summed E-state index contributed by atoms with van der Waals surface area (Å²) < 4.78 is 0. The van der Waals surface area contributed by atoms with Crippen molar-refractivity contribution in [2.45, 2.75) is 77.7 Å². The summed E-state index contributed by atoms with van der Waals surface area (Å²) in [4.78, 5) is 43.2. The van der Waals surface area contributed by atoms with Gasteiger partial charge in [0.2, 0.25) is 11.8 Å². The molecular weight excluding hydrogens is 380 g/mol. The summed E-state index contributed by atoms with van der Waals surface area (Å²) in [6.07, 6.45) is 0.663. The molecule has 3 aliphatic rings. The molecule has 30 heavy (non-hydrogen) atoms. The van der Waals surface area contributed by atoms with Gasteiger partial charge in [0.15, 0.2) is 0 Å². The molecule has 3 atom stereocenters. The number of piperidine rings is 1. The van der Waals surface area contributed by atoms with Crippen LogP contribution in [-0.2, 0) is 16.1 Å². The van der Waals surface area contributed by atoms with Crippen molar-refractivity contribution in [3.63, 3.8) is 0 Å². The van der Waals surface area contributed by atoms with Gasteiger partial charge in [-0.2, -0.15) is 0 Å². The van der Waals surface area contributed by atoms with E-state index >= 15 is 0 Å². The lowest BCUT2D eigenvalue weighted by molar-refractivity contribution is -0.136. The summed E-state index contributed by atoms with van der Waals surface area (Å²) >= 11 is 0. The summed E-state index contributed by atoms with van der Waals surface area (Å²) in [5, 5.41) is 2.36. The van der Waals surface area contributed by atoms with Gasteiger partial charge in [0.25, 0.3) is 5.91 Å². The zero-order valence-corrected chi connectivity index (χ0v) is 18.6. The van der Waals surface area contributed by atoms with Gasteiger partial charge in [0, 0.05) is 54.9 Å². The number of imide groups is 1. The molecule has 3 amide bonds. The highest BCUT2D eigenvalue weighted by Gasteiger charge is 2.40. The van der Waals surface area contributed by atoms with Crippen molar-refractivity contribution in [2.24, 2.45) is 0 Å². The molecule has 0 spiro atoms. The predicted molar refractivity (Wildman–Crippen MR) is 115 cm³/mol. The molecule has 4 rings (SSSR count). The first-order valence-corrected chi connectivity index (χ1v) is 10.9. The van der Waals surface area contributed by atoms with Crippen molar-refractivity contribution in [1.29, 1.82) is 0 Å². The summed E-state index contributed by atoms with van der Waals surface area (Å²) in [6.45, 7) is 13.6. The van der Waals surface area contributed by atoms with Crippen molar-refractivity contribution in [2.75, 3.05) is 18.0 Å². The normalized spacial score (nSPS) is 28.0. The number of nitrogens with zero attached hydrogens (tertiary/aromatic N) is 3.